The Morgan fingerprint density at radius 2 is 1.96 bits per heavy atom. The van der Waals surface area contributed by atoms with Crippen LogP contribution in [0.5, 0.6) is 0 Å². The van der Waals surface area contributed by atoms with Crippen molar-refractivity contribution in [3.63, 3.8) is 0 Å². The van der Waals surface area contributed by atoms with E-state index in [0.29, 0.717) is 45.4 Å². The topological polar surface area (TPSA) is 94.6 Å². The summed E-state index contributed by atoms with van der Waals surface area (Å²) in [7, 11) is -1.87. The lowest BCUT2D eigenvalue weighted by atomic mass is 10.0. The number of carbonyl (C=O) groups is 1. The van der Waals surface area contributed by atoms with Gasteiger partial charge in [0.25, 0.3) is 0 Å². The zero-order valence-electron chi connectivity index (χ0n) is 26.1. The van der Waals surface area contributed by atoms with Crippen LogP contribution in [0.2, 0.25) is 28.2 Å². The van der Waals surface area contributed by atoms with Gasteiger partial charge in [0.05, 0.1) is 47.9 Å². The van der Waals surface area contributed by atoms with Gasteiger partial charge in [0.1, 0.15) is 11.7 Å². The van der Waals surface area contributed by atoms with Gasteiger partial charge in [0.2, 0.25) is 0 Å². The third kappa shape index (κ3) is 6.13. The zero-order chi connectivity index (χ0) is 32.3. The molecule has 1 saturated heterocycles. The van der Waals surface area contributed by atoms with E-state index in [1.54, 1.807) is 16.8 Å². The van der Waals surface area contributed by atoms with Crippen molar-refractivity contribution in [3.05, 3.63) is 64.3 Å². The maximum Gasteiger partial charge on any atom is 0.334 e. The molecule has 6 rings (SSSR count). The fourth-order valence-electron chi connectivity index (χ4n) is 5.76. The highest BCUT2D eigenvalue weighted by Crippen LogP contribution is 2.40. The molecular formula is C32H38Cl2FN5O4Si. The van der Waals surface area contributed by atoms with Crippen LogP contribution in [0, 0.1) is 0 Å². The van der Waals surface area contributed by atoms with Crippen molar-refractivity contribution >= 4 is 54.1 Å². The number of benzene rings is 2. The first-order chi connectivity index (χ1) is 21.2. The largest absolute Gasteiger partial charge is 0.479 e. The molecule has 13 heteroatoms. The highest BCUT2D eigenvalue weighted by molar-refractivity contribution is 6.74. The molecule has 2 aliphatic heterocycles. The molecule has 45 heavy (non-hydrogen) atoms. The summed E-state index contributed by atoms with van der Waals surface area (Å²) in [6.45, 7) is 14.1. The number of carboxylic acids is 1. The van der Waals surface area contributed by atoms with E-state index in [0.717, 1.165) is 24.3 Å². The van der Waals surface area contributed by atoms with E-state index in [2.05, 4.69) is 61.0 Å². The summed E-state index contributed by atoms with van der Waals surface area (Å²) in [5, 5.41) is 16.1. The summed E-state index contributed by atoms with van der Waals surface area (Å²) in [5.41, 5.74) is 3.80. The van der Waals surface area contributed by atoms with Gasteiger partial charge in [-0.25, -0.2) is 14.2 Å². The highest BCUT2D eigenvalue weighted by Gasteiger charge is 2.38. The Kier molecular flexibility index (Phi) is 8.53. The van der Waals surface area contributed by atoms with Crippen molar-refractivity contribution in [1.82, 2.24) is 19.3 Å². The quantitative estimate of drug-likeness (QED) is 0.201. The first-order valence-electron chi connectivity index (χ1n) is 15.1. The standard InChI is InChI=1S/C32H38Cl2FN5O4Si/c1-32(2,3)45(4,5)44-17-22-15-38(10-11-43-22)21-8-6-19(7-9-21)23-13-25(33)24-16-40(37-28(24)27(23)34)30(31(41)42)29-26-12-20(35)14-39(26)18-36-29/h6-9,13,16,18,20,22,30H,10-12,14-15,17H2,1-5H3,(H,41,42). The minimum Gasteiger partial charge on any atom is -0.479 e. The van der Waals surface area contributed by atoms with E-state index in [4.69, 9.17) is 32.4 Å². The fourth-order valence-corrected chi connectivity index (χ4v) is 7.35. The molecule has 0 saturated carbocycles. The SMILES string of the molecule is CC(C)(C)[Si](C)(C)OCC1CN(c2ccc(-c3cc(Cl)c4cn(C(C(=O)O)c5ncn6c5CC(F)C6)nc4c3Cl)cc2)CCO1. The van der Waals surface area contributed by atoms with E-state index in [1.807, 2.05) is 12.1 Å². The number of ether oxygens (including phenoxy) is 1. The summed E-state index contributed by atoms with van der Waals surface area (Å²) in [4.78, 5) is 19.0. The molecule has 240 valence electrons. The van der Waals surface area contributed by atoms with Gasteiger partial charge in [-0.05, 0) is 41.9 Å². The number of fused-ring (bicyclic) bond motifs is 2. The van der Waals surface area contributed by atoms with E-state index in [-0.39, 0.29) is 29.8 Å². The Morgan fingerprint density at radius 3 is 2.64 bits per heavy atom. The lowest BCUT2D eigenvalue weighted by Gasteiger charge is -2.39. The minimum absolute atomic E-state index is 0.00502. The third-order valence-corrected chi connectivity index (χ3v) is 14.6. The van der Waals surface area contributed by atoms with Gasteiger partial charge in [-0.1, -0.05) is 56.1 Å². The molecule has 0 amide bonds. The lowest BCUT2D eigenvalue weighted by Crippen LogP contribution is -2.48. The Balaban J connectivity index is 1.23. The molecule has 4 heterocycles. The Bertz CT molecular complexity index is 1740. The number of hydrogen-bond donors (Lipinski definition) is 1. The first kappa shape index (κ1) is 32.0. The van der Waals surface area contributed by atoms with Gasteiger partial charge in [-0.15, -0.1) is 0 Å². The summed E-state index contributed by atoms with van der Waals surface area (Å²) in [6.07, 6.45) is 2.07. The molecule has 0 radical (unpaired) electrons. The number of imidazole rings is 1. The van der Waals surface area contributed by atoms with Crippen LogP contribution in [0.1, 0.15) is 38.2 Å². The van der Waals surface area contributed by atoms with E-state index in [9.17, 15) is 14.3 Å². The number of halogens is 3. The van der Waals surface area contributed by atoms with Crippen LogP contribution in [0.3, 0.4) is 0 Å². The predicted octanol–water partition coefficient (Wildman–Crippen LogP) is 7.00. The van der Waals surface area contributed by atoms with Gasteiger partial charge in [0, 0.05) is 48.0 Å². The van der Waals surface area contributed by atoms with Crippen LogP contribution in [0.15, 0.2) is 42.9 Å². The molecular weight excluding hydrogens is 636 g/mol. The van der Waals surface area contributed by atoms with Crippen LogP contribution in [-0.4, -0.2) is 77.3 Å². The van der Waals surface area contributed by atoms with Gasteiger partial charge in [0.15, 0.2) is 14.4 Å². The lowest BCUT2D eigenvalue weighted by molar-refractivity contribution is -0.139. The molecule has 2 aromatic carbocycles. The summed E-state index contributed by atoms with van der Waals surface area (Å²) in [5.74, 6) is -1.16. The van der Waals surface area contributed by atoms with Gasteiger partial charge < -0.3 is 23.7 Å². The van der Waals surface area contributed by atoms with Crippen LogP contribution >= 0.6 is 23.2 Å². The van der Waals surface area contributed by atoms with Crippen molar-refractivity contribution in [2.45, 2.75) is 70.2 Å². The molecule has 0 bridgehead atoms. The maximum absolute atomic E-state index is 14.1. The van der Waals surface area contributed by atoms with E-state index < -0.39 is 26.5 Å². The van der Waals surface area contributed by atoms with Crippen LogP contribution < -0.4 is 4.90 Å². The molecule has 0 spiro atoms. The normalized spacial score (nSPS) is 19.7. The molecule has 2 aliphatic rings. The summed E-state index contributed by atoms with van der Waals surface area (Å²) in [6, 6.07) is 8.61. The molecule has 0 aliphatic carbocycles. The summed E-state index contributed by atoms with van der Waals surface area (Å²) >= 11 is 13.6. The Morgan fingerprint density at radius 1 is 1.22 bits per heavy atom. The number of nitrogens with zero attached hydrogens (tertiary/aromatic N) is 5. The monoisotopic (exact) mass is 673 g/mol. The number of rotatable bonds is 8. The second-order valence-corrected chi connectivity index (χ2v) is 19.0. The number of alkyl halides is 1. The number of hydrogen-bond acceptors (Lipinski definition) is 6. The number of anilines is 1. The molecule has 2 aromatic heterocycles. The van der Waals surface area contributed by atoms with Crippen LogP contribution in [0.4, 0.5) is 10.1 Å². The van der Waals surface area contributed by atoms with Crippen molar-refractivity contribution < 1.29 is 23.5 Å². The minimum atomic E-state index is -1.87. The Labute approximate surface area is 273 Å². The predicted molar refractivity (Wildman–Crippen MR) is 177 cm³/mol. The van der Waals surface area contributed by atoms with Crippen molar-refractivity contribution in [2.24, 2.45) is 0 Å². The number of carboxylic acid groups (broad SMARTS) is 1. The fraction of sp³-hybridized carbons (Fsp3) is 0.469. The Hall–Kier alpha value is -2.96. The smallest absolute Gasteiger partial charge is 0.334 e. The van der Waals surface area contributed by atoms with Crippen molar-refractivity contribution in [1.29, 1.82) is 0 Å². The van der Waals surface area contributed by atoms with Gasteiger partial charge in [-0.3, -0.25) is 4.68 Å². The third-order valence-electron chi connectivity index (χ3n) is 9.37. The average Bonchev–Trinajstić information content (AvgIpc) is 3.69. The van der Waals surface area contributed by atoms with Gasteiger partial charge >= 0.3 is 5.97 Å². The van der Waals surface area contributed by atoms with Crippen molar-refractivity contribution in [2.75, 3.05) is 31.2 Å². The number of aliphatic carboxylic acids is 1. The van der Waals surface area contributed by atoms with E-state index >= 15 is 0 Å². The molecule has 1 fully saturated rings. The van der Waals surface area contributed by atoms with Crippen LogP contribution in [-0.2, 0) is 26.9 Å². The van der Waals surface area contributed by atoms with Crippen LogP contribution in [0.25, 0.3) is 22.0 Å². The first-order valence-corrected chi connectivity index (χ1v) is 18.8. The highest BCUT2D eigenvalue weighted by atomic mass is 35.5. The molecule has 9 nitrogen and oxygen atoms in total. The maximum atomic E-state index is 14.1. The van der Waals surface area contributed by atoms with E-state index in [1.165, 1.54) is 11.0 Å². The molecule has 1 N–H and O–H groups in total. The zero-order valence-corrected chi connectivity index (χ0v) is 28.6. The summed E-state index contributed by atoms with van der Waals surface area (Å²) < 4.78 is 29.5. The van der Waals surface area contributed by atoms with Crippen molar-refractivity contribution in [3.8, 4) is 11.1 Å². The number of morpholine rings is 1. The molecule has 4 aromatic rings. The number of aromatic nitrogens is 4. The molecule has 3 unspecified atom stereocenters. The molecule has 3 atom stereocenters. The average molecular weight is 675 g/mol. The van der Waals surface area contributed by atoms with Gasteiger partial charge in [-0.2, -0.15) is 5.10 Å². The second-order valence-electron chi connectivity index (χ2n) is 13.4. The second kappa shape index (κ2) is 12.0.